The number of aryl methyl sites for hydroxylation is 1. The van der Waals surface area contributed by atoms with E-state index in [9.17, 15) is 31.2 Å². The van der Waals surface area contributed by atoms with Crippen molar-refractivity contribution in [3.05, 3.63) is 52.3 Å². The smallest absolute Gasteiger partial charge is 0.347 e. The van der Waals surface area contributed by atoms with Gasteiger partial charge in [-0.25, -0.2) is 0 Å². The number of halogens is 3. The highest BCUT2D eigenvalue weighted by molar-refractivity contribution is 8.02. The van der Waals surface area contributed by atoms with Crippen molar-refractivity contribution in [2.24, 2.45) is 7.05 Å². The zero-order valence-electron chi connectivity index (χ0n) is 25.5. The fraction of sp³-hybridized carbons (Fsp3) is 0.571. The van der Waals surface area contributed by atoms with Crippen molar-refractivity contribution in [2.45, 2.75) is 68.5 Å². The molecule has 0 bridgehead atoms. The van der Waals surface area contributed by atoms with E-state index >= 15 is 0 Å². The average Bonchev–Trinajstić information content (AvgIpc) is 3.64. The lowest BCUT2D eigenvalue weighted by Crippen LogP contribution is -2.44. The Kier molecular flexibility index (Phi) is 12.8. The van der Waals surface area contributed by atoms with Gasteiger partial charge in [-0.3, -0.25) is 18.5 Å². The number of benzene rings is 1. The van der Waals surface area contributed by atoms with Gasteiger partial charge in [0.15, 0.2) is 5.69 Å². The van der Waals surface area contributed by atoms with E-state index in [0.717, 1.165) is 5.56 Å². The summed E-state index contributed by atoms with van der Waals surface area (Å²) in [6, 6.07) is 8.82. The third-order valence-electron chi connectivity index (χ3n) is 6.64. The number of alkyl halides is 3. The number of rotatable bonds is 10. The van der Waals surface area contributed by atoms with E-state index < -0.39 is 37.6 Å². The van der Waals surface area contributed by atoms with Crippen LogP contribution in [0.15, 0.2) is 24.3 Å². The highest BCUT2D eigenvalue weighted by Gasteiger charge is 2.52. The molecule has 1 fully saturated rings. The summed E-state index contributed by atoms with van der Waals surface area (Å²) in [6.07, 6.45) is 3.50. The molecule has 0 radical (unpaired) electrons. The van der Waals surface area contributed by atoms with Crippen molar-refractivity contribution < 1.29 is 35.4 Å². The van der Waals surface area contributed by atoms with Crippen LogP contribution in [0.3, 0.4) is 0 Å². The van der Waals surface area contributed by atoms with Crippen LogP contribution >= 0.6 is 24.4 Å². The number of aromatic nitrogens is 2. The molecule has 244 valence electrons. The van der Waals surface area contributed by atoms with Crippen molar-refractivity contribution in [1.82, 2.24) is 20.0 Å². The summed E-state index contributed by atoms with van der Waals surface area (Å²) in [6.45, 7) is 7.40. The Labute approximate surface area is 266 Å². The number of amides is 2. The monoisotopic (exact) mass is 677 g/mol. The summed E-state index contributed by atoms with van der Waals surface area (Å²) in [5.74, 6) is -0.727. The standard InChI is InChI=1S/C25H28F3N5O5S2.C2H6.CH4S/c1-23(2,15-38-40(36,37)25(26,27)28)39-24(9-10-24)14-33-11-8-18-19(31-32(3)20(18)22(33)35)21(34)30-13-17-6-4-16(12-29)5-7-17;2*1-2/h4-7H,8-11,13-15H2,1-3H3,(H,30,34);1-2H3;2H,1H3. The van der Waals surface area contributed by atoms with Gasteiger partial charge in [-0.05, 0) is 57.1 Å². The lowest BCUT2D eigenvalue weighted by atomic mass is 10.0. The quantitative estimate of drug-likeness (QED) is 0.210. The molecule has 2 aliphatic rings. The summed E-state index contributed by atoms with van der Waals surface area (Å²) in [4.78, 5) is 28.0. The first-order valence-corrected chi connectivity index (χ1v) is 16.9. The number of carbonyl (C=O) groups excluding carboxylic acids is 2. The zero-order chi connectivity index (χ0) is 33.5. The molecule has 2 heterocycles. The Hall–Kier alpha value is -2.74. The van der Waals surface area contributed by atoms with Crippen molar-refractivity contribution in [1.29, 1.82) is 5.26 Å². The molecule has 1 aliphatic carbocycles. The molecule has 1 N–H and O–H groups in total. The molecule has 1 aliphatic heterocycles. The molecule has 0 atom stereocenters. The Balaban J connectivity index is 0.00000162. The molecule has 0 spiro atoms. The van der Waals surface area contributed by atoms with Gasteiger partial charge in [-0.1, -0.05) is 26.0 Å². The highest BCUT2D eigenvalue weighted by Crippen LogP contribution is 2.54. The second kappa shape index (κ2) is 15.0. The van der Waals surface area contributed by atoms with Gasteiger partial charge in [-0.2, -0.15) is 44.6 Å². The molecule has 1 saturated carbocycles. The molecule has 1 aromatic heterocycles. The van der Waals surface area contributed by atoms with Gasteiger partial charge in [0.1, 0.15) is 5.69 Å². The number of thiol groups is 1. The second-order valence-electron chi connectivity index (χ2n) is 10.5. The Morgan fingerprint density at radius 1 is 1.20 bits per heavy atom. The van der Waals surface area contributed by atoms with Crippen molar-refractivity contribution in [2.75, 3.05) is 26.0 Å². The first-order valence-electron chi connectivity index (χ1n) is 13.8. The summed E-state index contributed by atoms with van der Waals surface area (Å²) in [7, 11) is -4.12. The van der Waals surface area contributed by atoms with E-state index in [2.05, 4.69) is 27.2 Å². The summed E-state index contributed by atoms with van der Waals surface area (Å²) in [5, 5.41) is 16.0. The molecule has 10 nitrogen and oxygen atoms in total. The lowest BCUT2D eigenvalue weighted by molar-refractivity contribution is -0.0545. The van der Waals surface area contributed by atoms with E-state index in [1.807, 2.05) is 19.9 Å². The van der Waals surface area contributed by atoms with Crippen LogP contribution < -0.4 is 5.32 Å². The predicted octanol–water partition coefficient (Wildman–Crippen LogP) is 4.70. The molecule has 0 saturated heterocycles. The number of hydrogen-bond acceptors (Lipinski definition) is 9. The largest absolute Gasteiger partial charge is 0.523 e. The Bertz CT molecular complexity index is 1470. The van der Waals surface area contributed by atoms with E-state index in [-0.39, 0.29) is 18.1 Å². The maximum atomic E-state index is 13.4. The first-order chi connectivity index (χ1) is 20.6. The van der Waals surface area contributed by atoms with Crippen molar-refractivity contribution >= 4 is 46.3 Å². The van der Waals surface area contributed by atoms with Gasteiger partial charge in [0, 0.05) is 41.7 Å². The van der Waals surface area contributed by atoms with Crippen LogP contribution in [0.5, 0.6) is 0 Å². The SMILES string of the molecule is CC.CS.Cn1nc(C(=O)NCc2ccc(C#N)cc2)c2c1C(=O)N(CC1(SC(C)(C)COS(=O)(=O)C(F)(F)F)CC1)CC2. The van der Waals surface area contributed by atoms with Crippen LogP contribution in [-0.2, 0) is 34.3 Å². The number of thioether (sulfide) groups is 1. The number of nitriles is 1. The molecular formula is C28H38F3N5O5S3. The molecule has 2 amide bonds. The van der Waals surface area contributed by atoms with Crippen LogP contribution in [0.25, 0.3) is 0 Å². The van der Waals surface area contributed by atoms with Crippen LogP contribution in [-0.4, -0.2) is 75.9 Å². The maximum Gasteiger partial charge on any atom is 0.523 e. The van der Waals surface area contributed by atoms with Gasteiger partial charge >= 0.3 is 15.6 Å². The van der Waals surface area contributed by atoms with Crippen LogP contribution in [0.2, 0.25) is 0 Å². The molecule has 16 heteroatoms. The van der Waals surface area contributed by atoms with Crippen LogP contribution in [0.4, 0.5) is 13.2 Å². The Morgan fingerprint density at radius 2 is 1.80 bits per heavy atom. The molecule has 4 rings (SSSR count). The van der Waals surface area contributed by atoms with E-state index in [0.29, 0.717) is 49.2 Å². The van der Waals surface area contributed by atoms with E-state index in [4.69, 9.17) is 5.26 Å². The topological polar surface area (TPSA) is 134 Å². The van der Waals surface area contributed by atoms with Gasteiger partial charge in [0.2, 0.25) is 0 Å². The minimum absolute atomic E-state index is 0.166. The third kappa shape index (κ3) is 9.15. The molecular weight excluding hydrogens is 640 g/mol. The van der Waals surface area contributed by atoms with E-state index in [1.165, 1.54) is 16.4 Å². The highest BCUT2D eigenvalue weighted by atomic mass is 32.2. The van der Waals surface area contributed by atoms with E-state index in [1.54, 1.807) is 56.3 Å². The normalized spacial score (nSPS) is 15.6. The van der Waals surface area contributed by atoms with Crippen LogP contribution in [0, 0.1) is 11.3 Å². The summed E-state index contributed by atoms with van der Waals surface area (Å²) >= 11 is 4.84. The lowest BCUT2D eigenvalue weighted by Gasteiger charge is -2.34. The molecule has 44 heavy (non-hydrogen) atoms. The van der Waals surface area contributed by atoms with Gasteiger partial charge in [-0.15, -0.1) is 11.8 Å². The maximum absolute atomic E-state index is 13.4. The second-order valence-corrected chi connectivity index (χ2v) is 14.3. The van der Waals surface area contributed by atoms with Gasteiger partial charge < -0.3 is 10.2 Å². The van der Waals surface area contributed by atoms with Crippen molar-refractivity contribution in [3.63, 3.8) is 0 Å². The Morgan fingerprint density at radius 3 is 2.32 bits per heavy atom. The molecule has 1 aromatic carbocycles. The summed E-state index contributed by atoms with van der Waals surface area (Å²) < 4.78 is 64.9. The number of nitrogens with zero attached hydrogens (tertiary/aromatic N) is 4. The fourth-order valence-corrected chi connectivity index (χ4v) is 7.02. The average molecular weight is 678 g/mol. The minimum atomic E-state index is -5.70. The molecule has 2 aromatic rings. The fourth-order valence-electron chi connectivity index (χ4n) is 4.55. The molecule has 0 unspecified atom stereocenters. The number of nitrogens with one attached hydrogen (secondary N) is 1. The van der Waals surface area contributed by atoms with Crippen molar-refractivity contribution in [3.8, 4) is 6.07 Å². The van der Waals surface area contributed by atoms with Gasteiger partial charge in [0.25, 0.3) is 11.8 Å². The number of fused-ring (bicyclic) bond motifs is 1. The summed E-state index contributed by atoms with van der Waals surface area (Å²) in [5.41, 5.74) is -3.17. The van der Waals surface area contributed by atoms with Crippen LogP contribution in [0.1, 0.15) is 78.2 Å². The number of hydrogen-bond donors (Lipinski definition) is 2. The predicted molar refractivity (Wildman–Crippen MR) is 166 cm³/mol. The van der Waals surface area contributed by atoms with Gasteiger partial charge in [0.05, 0.1) is 18.2 Å². The minimum Gasteiger partial charge on any atom is -0.347 e. The third-order valence-corrected chi connectivity index (χ3v) is 9.28. The zero-order valence-corrected chi connectivity index (χ0v) is 28.0. The number of carbonyl (C=O) groups is 2. The first kappa shape index (κ1) is 37.4.